The number of amides is 1. The highest BCUT2D eigenvalue weighted by atomic mass is 32.2. The first-order valence-corrected chi connectivity index (χ1v) is 9.49. The van der Waals surface area contributed by atoms with E-state index in [4.69, 9.17) is 0 Å². The summed E-state index contributed by atoms with van der Waals surface area (Å²) in [6.45, 7) is 0. The van der Waals surface area contributed by atoms with Gasteiger partial charge in [-0.15, -0.1) is 11.8 Å². The van der Waals surface area contributed by atoms with Gasteiger partial charge in [0.05, 0.1) is 11.7 Å². The summed E-state index contributed by atoms with van der Waals surface area (Å²) >= 11 is 1.65. The van der Waals surface area contributed by atoms with Gasteiger partial charge in [-0.25, -0.2) is 4.39 Å². The summed E-state index contributed by atoms with van der Waals surface area (Å²) in [6, 6.07) is 16.0. The van der Waals surface area contributed by atoms with Crippen molar-refractivity contribution in [2.75, 3.05) is 5.75 Å². The summed E-state index contributed by atoms with van der Waals surface area (Å²) in [6.07, 6.45) is 0.700. The summed E-state index contributed by atoms with van der Waals surface area (Å²) in [5.41, 5.74) is 1.17. The van der Waals surface area contributed by atoms with Gasteiger partial charge in [-0.2, -0.15) is 9.78 Å². The summed E-state index contributed by atoms with van der Waals surface area (Å²) in [5, 5.41) is 7.11. The van der Waals surface area contributed by atoms with Crippen LogP contribution in [0.5, 0.6) is 0 Å². The Morgan fingerprint density at radius 2 is 1.96 bits per heavy atom. The van der Waals surface area contributed by atoms with Crippen molar-refractivity contribution < 1.29 is 9.18 Å². The van der Waals surface area contributed by atoms with Crippen molar-refractivity contribution in [2.24, 2.45) is 0 Å². The third-order valence-corrected chi connectivity index (χ3v) is 5.47. The molecule has 1 unspecified atom stereocenters. The van der Waals surface area contributed by atoms with Crippen LogP contribution in [0.25, 0.3) is 5.69 Å². The maximum Gasteiger partial charge on any atom is 0.272 e. The number of para-hydroxylation sites is 1. The molecule has 5 nitrogen and oxygen atoms in total. The number of fused-ring (bicyclic) bond motifs is 1. The van der Waals surface area contributed by atoms with E-state index in [2.05, 4.69) is 10.4 Å². The Balaban J connectivity index is 1.62. The Kier molecular flexibility index (Phi) is 4.77. The highest BCUT2D eigenvalue weighted by molar-refractivity contribution is 7.99. The molecule has 1 N–H and O–H groups in total. The molecule has 0 spiro atoms. The van der Waals surface area contributed by atoms with E-state index in [0.29, 0.717) is 12.1 Å². The number of carbonyl (C=O) groups excluding carboxylic acids is 1. The molecule has 1 amide bonds. The molecule has 3 aromatic rings. The van der Waals surface area contributed by atoms with Crippen LogP contribution in [0.4, 0.5) is 4.39 Å². The smallest absolute Gasteiger partial charge is 0.272 e. The molecule has 1 aromatic heterocycles. The summed E-state index contributed by atoms with van der Waals surface area (Å²) < 4.78 is 14.8. The standard InChI is InChI=1S/C20H16FN3O2S/c21-13-6-8-18-15(12-13)16(10-11-27-18)22-20(26)17-7-9-19(25)24(23-17)14-4-2-1-3-5-14/h1-9,12,16H,10-11H2,(H,22,26). The first-order chi connectivity index (χ1) is 13.1. The fourth-order valence-electron chi connectivity index (χ4n) is 3.03. The maximum atomic E-state index is 13.6. The Morgan fingerprint density at radius 3 is 2.78 bits per heavy atom. The van der Waals surface area contributed by atoms with Crippen LogP contribution in [0.15, 0.2) is 70.4 Å². The molecule has 0 saturated carbocycles. The van der Waals surface area contributed by atoms with Crippen molar-refractivity contribution >= 4 is 17.7 Å². The molecule has 0 bridgehead atoms. The summed E-state index contributed by atoms with van der Waals surface area (Å²) in [7, 11) is 0. The normalized spacial score (nSPS) is 15.8. The second-order valence-electron chi connectivity index (χ2n) is 6.15. The summed E-state index contributed by atoms with van der Waals surface area (Å²) in [5.74, 6) is 0.110. The van der Waals surface area contributed by atoms with E-state index in [1.54, 1.807) is 42.1 Å². The van der Waals surface area contributed by atoms with Crippen molar-refractivity contribution in [3.63, 3.8) is 0 Å². The highest BCUT2D eigenvalue weighted by Gasteiger charge is 2.24. The van der Waals surface area contributed by atoms with Crippen LogP contribution in [0.2, 0.25) is 0 Å². The zero-order chi connectivity index (χ0) is 18.8. The van der Waals surface area contributed by atoms with E-state index in [9.17, 15) is 14.0 Å². The molecule has 7 heteroatoms. The maximum absolute atomic E-state index is 13.6. The number of hydrogen-bond acceptors (Lipinski definition) is 4. The van der Waals surface area contributed by atoms with E-state index in [0.717, 1.165) is 16.2 Å². The zero-order valence-electron chi connectivity index (χ0n) is 14.3. The Morgan fingerprint density at radius 1 is 1.15 bits per heavy atom. The van der Waals surface area contributed by atoms with Gasteiger partial charge >= 0.3 is 0 Å². The van der Waals surface area contributed by atoms with E-state index < -0.39 is 5.91 Å². The van der Waals surface area contributed by atoms with Gasteiger partial charge in [-0.3, -0.25) is 9.59 Å². The highest BCUT2D eigenvalue weighted by Crippen LogP contribution is 2.36. The number of nitrogens with one attached hydrogen (secondary N) is 1. The number of nitrogens with zero attached hydrogens (tertiary/aromatic N) is 2. The van der Waals surface area contributed by atoms with Crippen molar-refractivity contribution in [3.05, 3.63) is 88.1 Å². The molecule has 2 aromatic carbocycles. The predicted molar refractivity (Wildman–Crippen MR) is 102 cm³/mol. The van der Waals surface area contributed by atoms with Crippen LogP contribution in [0, 0.1) is 5.82 Å². The Labute approximate surface area is 159 Å². The minimum absolute atomic E-state index is 0.134. The number of aromatic nitrogens is 2. The lowest BCUT2D eigenvalue weighted by Crippen LogP contribution is -2.33. The van der Waals surface area contributed by atoms with Crippen LogP contribution >= 0.6 is 11.8 Å². The molecule has 1 aliphatic heterocycles. The van der Waals surface area contributed by atoms with Crippen LogP contribution < -0.4 is 10.9 Å². The lowest BCUT2D eigenvalue weighted by molar-refractivity contribution is 0.0928. The second kappa shape index (κ2) is 7.36. The van der Waals surface area contributed by atoms with Gasteiger partial charge in [0.15, 0.2) is 0 Å². The van der Waals surface area contributed by atoms with Gasteiger partial charge in [-0.1, -0.05) is 18.2 Å². The fourth-order valence-corrected chi connectivity index (χ4v) is 4.14. The molecule has 1 atom stereocenters. The Bertz CT molecular complexity index is 1050. The number of halogens is 1. The fraction of sp³-hybridized carbons (Fsp3) is 0.150. The predicted octanol–water partition coefficient (Wildman–Crippen LogP) is 3.34. The lowest BCUT2D eigenvalue weighted by Gasteiger charge is -2.25. The number of carbonyl (C=O) groups is 1. The molecule has 1 aliphatic rings. The van der Waals surface area contributed by atoms with Crippen molar-refractivity contribution in [1.29, 1.82) is 0 Å². The number of rotatable bonds is 3. The average molecular weight is 381 g/mol. The molecule has 2 heterocycles. The molecule has 27 heavy (non-hydrogen) atoms. The monoisotopic (exact) mass is 381 g/mol. The van der Waals surface area contributed by atoms with Crippen molar-refractivity contribution in [1.82, 2.24) is 15.1 Å². The van der Waals surface area contributed by atoms with E-state index in [1.807, 2.05) is 6.07 Å². The van der Waals surface area contributed by atoms with Gasteiger partial charge in [0, 0.05) is 16.7 Å². The van der Waals surface area contributed by atoms with E-state index in [1.165, 1.54) is 28.9 Å². The van der Waals surface area contributed by atoms with Crippen LogP contribution in [0.3, 0.4) is 0 Å². The topological polar surface area (TPSA) is 64.0 Å². The third kappa shape index (κ3) is 3.64. The molecule has 0 fully saturated rings. The quantitative estimate of drug-likeness (QED) is 0.756. The first-order valence-electron chi connectivity index (χ1n) is 8.51. The van der Waals surface area contributed by atoms with Gasteiger partial charge in [-0.05, 0) is 48.4 Å². The van der Waals surface area contributed by atoms with Gasteiger partial charge < -0.3 is 5.32 Å². The van der Waals surface area contributed by atoms with Gasteiger partial charge in [0.2, 0.25) is 0 Å². The Hall–Kier alpha value is -2.93. The summed E-state index contributed by atoms with van der Waals surface area (Å²) in [4.78, 5) is 25.8. The number of hydrogen-bond donors (Lipinski definition) is 1. The molecule has 136 valence electrons. The molecule has 4 rings (SSSR count). The van der Waals surface area contributed by atoms with E-state index in [-0.39, 0.29) is 23.1 Å². The van der Waals surface area contributed by atoms with Gasteiger partial charge in [0.1, 0.15) is 11.5 Å². The van der Waals surface area contributed by atoms with E-state index >= 15 is 0 Å². The largest absolute Gasteiger partial charge is 0.344 e. The minimum atomic E-state index is -0.396. The third-order valence-electron chi connectivity index (χ3n) is 4.35. The molecule has 0 aliphatic carbocycles. The number of thioether (sulfide) groups is 1. The van der Waals surface area contributed by atoms with Crippen LogP contribution in [-0.4, -0.2) is 21.4 Å². The van der Waals surface area contributed by atoms with Gasteiger partial charge in [0.25, 0.3) is 11.5 Å². The van der Waals surface area contributed by atoms with Crippen LogP contribution in [-0.2, 0) is 0 Å². The average Bonchev–Trinajstić information content (AvgIpc) is 2.69. The van der Waals surface area contributed by atoms with Crippen molar-refractivity contribution in [2.45, 2.75) is 17.4 Å². The zero-order valence-corrected chi connectivity index (χ0v) is 15.1. The van der Waals surface area contributed by atoms with Crippen LogP contribution in [0.1, 0.15) is 28.5 Å². The lowest BCUT2D eigenvalue weighted by atomic mass is 10.0. The van der Waals surface area contributed by atoms with Crippen molar-refractivity contribution in [3.8, 4) is 5.69 Å². The first kappa shape index (κ1) is 17.5. The number of benzene rings is 2. The molecular formula is C20H16FN3O2S. The second-order valence-corrected chi connectivity index (χ2v) is 7.29. The molecule has 0 saturated heterocycles. The SMILES string of the molecule is O=C(NC1CCSc2ccc(F)cc21)c1ccc(=O)n(-c2ccccc2)n1. The minimum Gasteiger partial charge on any atom is -0.344 e. The molecule has 0 radical (unpaired) electrons. The molecular weight excluding hydrogens is 365 g/mol.